The molecule has 0 aliphatic heterocycles. The molecule has 2 amide bonds. The Morgan fingerprint density at radius 3 is 1.62 bits per heavy atom. The number of hydrogen-bond donors (Lipinski definition) is 1. The van der Waals surface area contributed by atoms with Crippen LogP contribution in [0.3, 0.4) is 0 Å². The first kappa shape index (κ1) is 34.5. The largest absolute Gasteiger partial charge is 0.489 e. The van der Waals surface area contributed by atoms with Gasteiger partial charge in [-0.15, -0.1) is 0 Å². The van der Waals surface area contributed by atoms with Crippen LogP contribution in [0.1, 0.15) is 52.7 Å². The van der Waals surface area contributed by atoms with E-state index in [1.807, 2.05) is 139 Å². The summed E-state index contributed by atoms with van der Waals surface area (Å²) in [4.78, 5) is 25.3. The van der Waals surface area contributed by atoms with Crippen molar-refractivity contribution in [2.24, 2.45) is 0 Å². The zero-order chi connectivity index (χ0) is 32.9. The first-order valence-corrected chi connectivity index (χ1v) is 14.8. The van der Waals surface area contributed by atoms with Gasteiger partial charge in [0.2, 0.25) is 0 Å². The molecule has 0 atom stereocenters. The van der Waals surface area contributed by atoms with E-state index in [9.17, 15) is 9.59 Å². The van der Waals surface area contributed by atoms with Crippen LogP contribution in [-0.2, 0) is 22.7 Å². The number of carbonyl (C=O) groups is 2. The number of nitrogens with one attached hydrogen (secondary N) is 1. The fourth-order valence-electron chi connectivity index (χ4n) is 3.78. The maximum absolute atomic E-state index is 12.1. The monoisotopic (exact) mass is 612 g/mol. The summed E-state index contributed by atoms with van der Waals surface area (Å²) >= 11 is 0. The van der Waals surface area contributed by atoms with Crippen molar-refractivity contribution in [3.63, 3.8) is 0 Å². The molecule has 0 heterocycles. The van der Waals surface area contributed by atoms with Crippen molar-refractivity contribution in [1.29, 1.82) is 0 Å². The van der Waals surface area contributed by atoms with Crippen molar-refractivity contribution in [3.8, 4) is 11.5 Å². The molecule has 0 aliphatic rings. The van der Waals surface area contributed by atoms with Gasteiger partial charge in [0.25, 0.3) is 0 Å². The molecule has 0 spiro atoms. The van der Waals surface area contributed by atoms with E-state index in [2.05, 4.69) is 5.32 Å². The molecule has 0 unspecified atom stereocenters. The molecule has 4 rings (SSSR count). The lowest BCUT2D eigenvalue weighted by molar-refractivity contribution is 0.0587. The van der Waals surface area contributed by atoms with Crippen LogP contribution in [0.25, 0.3) is 0 Å². The molecule has 45 heavy (non-hydrogen) atoms. The second kappa shape index (κ2) is 16.2. The Morgan fingerprint density at radius 2 is 1.11 bits per heavy atom. The summed E-state index contributed by atoms with van der Waals surface area (Å²) < 4.78 is 22.1. The van der Waals surface area contributed by atoms with Gasteiger partial charge in [0.05, 0.1) is 5.69 Å². The van der Waals surface area contributed by atoms with Crippen LogP contribution in [0, 0.1) is 0 Å². The third kappa shape index (κ3) is 13.5. The van der Waals surface area contributed by atoms with Crippen molar-refractivity contribution >= 4 is 23.6 Å². The minimum Gasteiger partial charge on any atom is -0.489 e. The van der Waals surface area contributed by atoms with Gasteiger partial charge in [-0.25, -0.2) is 9.59 Å². The molecule has 0 aromatic heterocycles. The van der Waals surface area contributed by atoms with E-state index in [4.69, 9.17) is 18.9 Å². The van der Waals surface area contributed by atoms with Gasteiger partial charge in [-0.2, -0.15) is 0 Å². The molecule has 8 heteroatoms. The zero-order valence-electron chi connectivity index (χ0n) is 27.2. The minimum absolute atomic E-state index is 0.391. The Balaban J connectivity index is 0.000000246. The minimum atomic E-state index is -0.522. The number of amides is 2. The van der Waals surface area contributed by atoms with E-state index >= 15 is 0 Å². The standard InChI is InChI=1S/C19H23NO3.C18H21NO3/c1-19(2,3)23-18(21)20(4)16-11-8-12-17(13-16)22-14-15-9-6-5-7-10-15;1-18(2,3)22-17(20)19-15-10-7-11-16(12-15)21-13-14-8-5-4-6-9-14/h5-13H,14H2,1-4H3;4-12H,13H2,1-3H3,(H,19,20). The van der Waals surface area contributed by atoms with Gasteiger partial charge in [-0.05, 0) is 76.9 Å². The maximum Gasteiger partial charge on any atom is 0.414 e. The number of anilines is 2. The van der Waals surface area contributed by atoms with E-state index in [1.165, 1.54) is 4.90 Å². The number of nitrogens with zero attached hydrogens (tertiary/aromatic N) is 1. The molecule has 1 N–H and O–H groups in total. The Morgan fingerprint density at radius 1 is 0.622 bits per heavy atom. The highest BCUT2D eigenvalue weighted by atomic mass is 16.6. The van der Waals surface area contributed by atoms with Crippen LogP contribution in [0.5, 0.6) is 11.5 Å². The fraction of sp³-hybridized carbons (Fsp3) is 0.297. The predicted molar refractivity (Wildman–Crippen MR) is 179 cm³/mol. The van der Waals surface area contributed by atoms with Crippen molar-refractivity contribution in [2.45, 2.75) is 66.0 Å². The van der Waals surface area contributed by atoms with Gasteiger partial charge in [0.1, 0.15) is 35.9 Å². The normalized spacial score (nSPS) is 10.9. The lowest BCUT2D eigenvalue weighted by atomic mass is 10.2. The Labute approximate surface area is 266 Å². The van der Waals surface area contributed by atoms with Crippen LogP contribution in [0.2, 0.25) is 0 Å². The van der Waals surface area contributed by atoms with Gasteiger partial charge in [-0.1, -0.05) is 72.8 Å². The van der Waals surface area contributed by atoms with E-state index in [-0.39, 0.29) is 0 Å². The topological polar surface area (TPSA) is 86.3 Å². The Bertz CT molecular complexity index is 1490. The number of rotatable bonds is 8. The van der Waals surface area contributed by atoms with Crippen molar-refractivity contribution < 1.29 is 28.5 Å². The lowest BCUT2D eigenvalue weighted by Gasteiger charge is -2.24. The average molecular weight is 613 g/mol. The van der Waals surface area contributed by atoms with Crippen molar-refractivity contribution in [2.75, 3.05) is 17.3 Å². The van der Waals surface area contributed by atoms with E-state index < -0.39 is 23.4 Å². The summed E-state index contributed by atoms with van der Waals surface area (Å²) in [5.74, 6) is 1.40. The first-order chi connectivity index (χ1) is 21.3. The Hall–Kier alpha value is -4.98. The van der Waals surface area contributed by atoms with Gasteiger partial charge >= 0.3 is 12.2 Å². The number of carbonyl (C=O) groups excluding carboxylic acids is 2. The summed E-state index contributed by atoms with van der Waals surface area (Å²) in [6.07, 6.45) is -0.870. The number of ether oxygens (including phenoxy) is 4. The van der Waals surface area contributed by atoms with Gasteiger partial charge in [0, 0.05) is 24.9 Å². The second-order valence-corrected chi connectivity index (χ2v) is 12.2. The molecule has 238 valence electrons. The highest BCUT2D eigenvalue weighted by Crippen LogP contribution is 2.23. The third-order valence-corrected chi connectivity index (χ3v) is 5.85. The van der Waals surface area contributed by atoms with Crippen LogP contribution < -0.4 is 19.7 Å². The van der Waals surface area contributed by atoms with Crippen LogP contribution >= 0.6 is 0 Å². The highest BCUT2D eigenvalue weighted by Gasteiger charge is 2.21. The summed E-state index contributed by atoms with van der Waals surface area (Å²) in [5, 5.41) is 2.70. The van der Waals surface area contributed by atoms with Crippen LogP contribution in [0.15, 0.2) is 109 Å². The van der Waals surface area contributed by atoms with E-state index in [0.29, 0.717) is 30.4 Å². The summed E-state index contributed by atoms with van der Waals surface area (Å²) in [7, 11) is 1.68. The smallest absolute Gasteiger partial charge is 0.414 e. The van der Waals surface area contributed by atoms with E-state index in [1.54, 1.807) is 19.2 Å². The maximum atomic E-state index is 12.1. The van der Waals surface area contributed by atoms with Crippen LogP contribution in [0.4, 0.5) is 21.0 Å². The van der Waals surface area contributed by atoms with Gasteiger partial charge < -0.3 is 18.9 Å². The number of benzene rings is 4. The lowest BCUT2D eigenvalue weighted by Crippen LogP contribution is -2.34. The molecule has 0 aliphatic carbocycles. The second-order valence-electron chi connectivity index (χ2n) is 12.2. The van der Waals surface area contributed by atoms with Gasteiger partial charge in [0.15, 0.2) is 0 Å². The fourth-order valence-corrected chi connectivity index (χ4v) is 3.78. The molecule has 0 bridgehead atoms. The van der Waals surface area contributed by atoms with Gasteiger partial charge in [-0.3, -0.25) is 10.2 Å². The third-order valence-electron chi connectivity index (χ3n) is 5.85. The molecule has 0 saturated carbocycles. The molecular weight excluding hydrogens is 568 g/mol. The SMILES string of the molecule is CC(C)(C)OC(=O)Nc1cccc(OCc2ccccc2)c1.CN(C(=O)OC(C)(C)C)c1cccc(OCc2ccccc2)c1. The summed E-state index contributed by atoms with van der Waals surface area (Å²) in [6, 6.07) is 34.5. The van der Waals surface area contributed by atoms with E-state index in [0.717, 1.165) is 16.8 Å². The molecule has 0 radical (unpaired) electrons. The zero-order valence-corrected chi connectivity index (χ0v) is 27.2. The highest BCUT2D eigenvalue weighted by molar-refractivity contribution is 5.87. The average Bonchev–Trinajstić information content (AvgIpc) is 2.98. The molecular formula is C37H44N2O6. The molecule has 0 fully saturated rings. The molecule has 4 aromatic rings. The summed E-state index contributed by atoms with van der Waals surface area (Å²) in [5.41, 5.74) is 2.51. The molecule has 0 saturated heterocycles. The first-order valence-electron chi connectivity index (χ1n) is 14.8. The predicted octanol–water partition coefficient (Wildman–Crippen LogP) is 9.25. The number of hydrogen-bond acceptors (Lipinski definition) is 6. The quantitative estimate of drug-likeness (QED) is 0.213. The summed E-state index contributed by atoms with van der Waals surface area (Å²) in [6.45, 7) is 12.0. The Kier molecular flexibility index (Phi) is 12.4. The van der Waals surface area contributed by atoms with Crippen LogP contribution in [-0.4, -0.2) is 30.4 Å². The van der Waals surface area contributed by atoms with Crippen molar-refractivity contribution in [1.82, 2.24) is 0 Å². The molecule has 4 aromatic carbocycles. The van der Waals surface area contributed by atoms with Crippen molar-refractivity contribution in [3.05, 3.63) is 120 Å². The molecule has 8 nitrogen and oxygen atoms in total.